The second-order valence-electron chi connectivity index (χ2n) is 12.7. The van der Waals surface area contributed by atoms with Gasteiger partial charge in [0.2, 0.25) is 0 Å². The highest BCUT2D eigenvalue weighted by molar-refractivity contribution is 5.94. The molecule has 2 bridgehead atoms. The lowest BCUT2D eigenvalue weighted by atomic mass is 9.44. The SMILES string of the molecule is CC(=O)OC12COC1CC(O)C1(C)C(=O)C(O)C3=C(C)C(O)CC(OC(C)=O)(C(OC(=O)c4ccccc4)C21)C3(C)C. The lowest BCUT2D eigenvalue weighted by Gasteiger charge is -2.67. The van der Waals surface area contributed by atoms with Gasteiger partial charge >= 0.3 is 17.9 Å². The molecule has 228 valence electrons. The summed E-state index contributed by atoms with van der Waals surface area (Å²) in [6.07, 6.45) is -7.40. The number of Topliss-reactive ketones (excluding diaryl/α,β-unsaturated/α-hetero) is 1. The van der Waals surface area contributed by atoms with Crippen LogP contribution in [0.3, 0.4) is 0 Å². The van der Waals surface area contributed by atoms with Crippen LogP contribution in [0, 0.1) is 16.7 Å². The molecule has 5 rings (SSSR count). The van der Waals surface area contributed by atoms with Crippen LogP contribution in [-0.2, 0) is 33.3 Å². The first-order chi connectivity index (χ1) is 19.5. The zero-order valence-electron chi connectivity index (χ0n) is 24.6. The topological polar surface area (TPSA) is 166 Å². The van der Waals surface area contributed by atoms with Gasteiger partial charge in [0.1, 0.15) is 12.2 Å². The molecule has 0 spiro atoms. The van der Waals surface area contributed by atoms with E-state index < -0.39 is 82.2 Å². The Hall–Kier alpha value is -3.12. The Morgan fingerprint density at radius 1 is 0.976 bits per heavy atom. The third-order valence-corrected chi connectivity index (χ3v) is 10.2. The van der Waals surface area contributed by atoms with E-state index in [-0.39, 0.29) is 30.6 Å². The second-order valence-corrected chi connectivity index (χ2v) is 12.7. The monoisotopic (exact) mass is 586 g/mol. The summed E-state index contributed by atoms with van der Waals surface area (Å²) in [5.74, 6) is -4.46. The maximum atomic E-state index is 14.5. The number of benzene rings is 1. The summed E-state index contributed by atoms with van der Waals surface area (Å²) in [6, 6.07) is 8.05. The summed E-state index contributed by atoms with van der Waals surface area (Å²) in [7, 11) is 0. The van der Waals surface area contributed by atoms with E-state index in [1.54, 1.807) is 39.0 Å². The van der Waals surface area contributed by atoms with Crippen molar-refractivity contribution in [1.29, 1.82) is 0 Å². The lowest BCUT2D eigenvalue weighted by molar-refractivity contribution is -0.346. The molecule has 0 aromatic heterocycles. The van der Waals surface area contributed by atoms with E-state index >= 15 is 0 Å². The molecule has 0 amide bonds. The van der Waals surface area contributed by atoms with Gasteiger partial charge in [0.25, 0.3) is 0 Å². The molecule has 0 radical (unpaired) electrons. The molecule has 1 heterocycles. The van der Waals surface area contributed by atoms with E-state index in [1.165, 1.54) is 32.9 Å². The molecule has 3 aliphatic carbocycles. The predicted molar refractivity (Wildman–Crippen MR) is 145 cm³/mol. The smallest absolute Gasteiger partial charge is 0.338 e. The molecule has 42 heavy (non-hydrogen) atoms. The molecule has 4 aliphatic rings. The van der Waals surface area contributed by atoms with Crippen LogP contribution in [0.1, 0.15) is 64.7 Å². The third-order valence-electron chi connectivity index (χ3n) is 10.2. The summed E-state index contributed by atoms with van der Waals surface area (Å²) < 4.78 is 24.2. The minimum atomic E-state index is -1.89. The number of ether oxygens (including phenoxy) is 4. The zero-order chi connectivity index (χ0) is 31.0. The fourth-order valence-corrected chi connectivity index (χ4v) is 8.12. The molecule has 1 saturated heterocycles. The summed E-state index contributed by atoms with van der Waals surface area (Å²) >= 11 is 0. The maximum Gasteiger partial charge on any atom is 0.338 e. The van der Waals surface area contributed by atoms with E-state index in [2.05, 4.69) is 0 Å². The highest BCUT2D eigenvalue weighted by atomic mass is 16.6. The van der Waals surface area contributed by atoms with E-state index in [9.17, 15) is 34.5 Å². The van der Waals surface area contributed by atoms with Crippen LogP contribution in [0.5, 0.6) is 0 Å². The van der Waals surface area contributed by atoms with E-state index in [4.69, 9.17) is 18.9 Å². The number of hydrogen-bond donors (Lipinski definition) is 3. The number of esters is 3. The number of carbonyl (C=O) groups is 4. The predicted octanol–water partition coefficient (Wildman–Crippen LogP) is 1.65. The Bertz CT molecular complexity index is 1350. The van der Waals surface area contributed by atoms with Crippen molar-refractivity contribution >= 4 is 23.7 Å². The number of aliphatic hydroxyl groups is 3. The van der Waals surface area contributed by atoms with Gasteiger partial charge < -0.3 is 34.3 Å². The van der Waals surface area contributed by atoms with Gasteiger partial charge in [-0.3, -0.25) is 14.4 Å². The van der Waals surface area contributed by atoms with Gasteiger partial charge in [-0.1, -0.05) is 32.0 Å². The highest BCUT2D eigenvalue weighted by Gasteiger charge is 2.78. The van der Waals surface area contributed by atoms with Crippen LogP contribution in [-0.4, -0.2) is 87.3 Å². The van der Waals surface area contributed by atoms with Crippen LogP contribution in [0.4, 0.5) is 0 Å². The van der Waals surface area contributed by atoms with Gasteiger partial charge in [-0.25, -0.2) is 4.79 Å². The first kappa shape index (κ1) is 30.3. The van der Waals surface area contributed by atoms with Crippen LogP contribution in [0.15, 0.2) is 41.5 Å². The molecule has 9 unspecified atom stereocenters. The van der Waals surface area contributed by atoms with Gasteiger partial charge in [0, 0.05) is 32.1 Å². The number of ketones is 1. The molecule has 1 aromatic carbocycles. The molecule has 9 atom stereocenters. The van der Waals surface area contributed by atoms with E-state index in [1.807, 2.05) is 0 Å². The first-order valence-corrected chi connectivity index (χ1v) is 14.1. The Balaban J connectivity index is 1.88. The molecule has 2 saturated carbocycles. The second kappa shape index (κ2) is 9.97. The van der Waals surface area contributed by atoms with Crippen molar-refractivity contribution in [3.63, 3.8) is 0 Å². The van der Waals surface area contributed by atoms with Crippen molar-refractivity contribution in [2.24, 2.45) is 16.7 Å². The van der Waals surface area contributed by atoms with Crippen LogP contribution in [0.2, 0.25) is 0 Å². The molecule has 11 nitrogen and oxygen atoms in total. The number of fused-ring (bicyclic) bond motifs is 5. The number of rotatable bonds is 4. The van der Waals surface area contributed by atoms with Gasteiger partial charge in [0.05, 0.1) is 35.7 Å². The van der Waals surface area contributed by atoms with Crippen LogP contribution < -0.4 is 0 Å². The average Bonchev–Trinajstić information content (AvgIpc) is 2.90. The van der Waals surface area contributed by atoms with Crippen LogP contribution >= 0.6 is 0 Å². The Morgan fingerprint density at radius 2 is 1.60 bits per heavy atom. The van der Waals surface area contributed by atoms with E-state index in [0.29, 0.717) is 5.57 Å². The van der Waals surface area contributed by atoms with Crippen LogP contribution in [0.25, 0.3) is 0 Å². The van der Waals surface area contributed by atoms with Crippen molar-refractivity contribution in [3.05, 3.63) is 47.0 Å². The van der Waals surface area contributed by atoms with Gasteiger partial charge in [-0.15, -0.1) is 0 Å². The van der Waals surface area contributed by atoms with Crippen molar-refractivity contribution in [1.82, 2.24) is 0 Å². The molecule has 3 fully saturated rings. The highest BCUT2D eigenvalue weighted by Crippen LogP contribution is 2.64. The fourth-order valence-electron chi connectivity index (χ4n) is 8.12. The summed E-state index contributed by atoms with van der Waals surface area (Å²) in [6.45, 7) is 8.48. The van der Waals surface area contributed by atoms with Crippen molar-refractivity contribution < 1.29 is 53.4 Å². The van der Waals surface area contributed by atoms with Gasteiger partial charge in [-0.2, -0.15) is 0 Å². The molecule has 11 heteroatoms. The van der Waals surface area contributed by atoms with Crippen molar-refractivity contribution in [3.8, 4) is 0 Å². The molecular formula is C31H38O11. The Morgan fingerprint density at radius 3 is 2.14 bits per heavy atom. The number of aliphatic hydroxyl groups excluding tert-OH is 3. The maximum absolute atomic E-state index is 14.5. The Kier molecular flexibility index (Phi) is 7.20. The molecular weight excluding hydrogens is 548 g/mol. The Labute approximate surface area is 243 Å². The standard InChI is InChI=1S/C31H38O11/c1-15-19(34)13-31(42-17(3)33)26(40-27(38)18-10-8-7-9-11-18)24-29(6,25(37)23(36)22(15)28(31,4)5)20(35)12-21-30(24,14-39-21)41-16(2)32/h7-11,19-21,23-24,26,34-36H,12-14H2,1-6H3. The fraction of sp³-hybridized carbons (Fsp3) is 0.613. The third kappa shape index (κ3) is 4.00. The molecule has 1 aliphatic heterocycles. The number of carbonyl (C=O) groups excluding carboxylic acids is 4. The minimum absolute atomic E-state index is 0.105. The summed E-state index contributed by atoms with van der Waals surface area (Å²) in [5, 5.41) is 34.7. The van der Waals surface area contributed by atoms with E-state index in [0.717, 1.165) is 0 Å². The average molecular weight is 587 g/mol. The van der Waals surface area contributed by atoms with Crippen molar-refractivity contribution in [2.45, 2.75) is 96.1 Å². The molecule has 3 N–H and O–H groups in total. The summed E-state index contributed by atoms with van der Waals surface area (Å²) in [5.41, 5.74) is -6.20. The van der Waals surface area contributed by atoms with Gasteiger partial charge in [-0.05, 0) is 37.1 Å². The zero-order valence-corrected chi connectivity index (χ0v) is 24.6. The minimum Gasteiger partial charge on any atom is -0.454 e. The largest absolute Gasteiger partial charge is 0.454 e. The normalized spacial score (nSPS) is 40.4. The van der Waals surface area contributed by atoms with Crippen molar-refractivity contribution in [2.75, 3.05) is 6.61 Å². The van der Waals surface area contributed by atoms with Gasteiger partial charge in [0.15, 0.2) is 23.1 Å². The first-order valence-electron chi connectivity index (χ1n) is 14.1. The quantitative estimate of drug-likeness (QED) is 0.267. The number of hydrogen-bond acceptors (Lipinski definition) is 11. The summed E-state index contributed by atoms with van der Waals surface area (Å²) in [4.78, 5) is 53.8. The lowest BCUT2D eigenvalue weighted by Crippen LogP contribution is -2.82. The molecule has 1 aromatic rings.